The maximum atomic E-state index is 10.1. The van der Waals surface area contributed by atoms with Gasteiger partial charge in [0.05, 0.1) is 0 Å². The zero-order valence-corrected chi connectivity index (χ0v) is 12.3. The van der Waals surface area contributed by atoms with Gasteiger partial charge < -0.3 is 14.6 Å². The number of phenols is 1. The van der Waals surface area contributed by atoms with Crippen LogP contribution in [0, 0.1) is 5.41 Å². The predicted molar refractivity (Wildman–Crippen MR) is 77.1 cm³/mol. The Morgan fingerprint density at radius 2 is 1.85 bits per heavy atom. The molecular formula is C16H23NO3. The third kappa shape index (κ3) is 2.57. The van der Waals surface area contributed by atoms with Crippen LogP contribution >= 0.6 is 0 Å². The first-order valence-electron chi connectivity index (χ1n) is 7.43. The van der Waals surface area contributed by atoms with Gasteiger partial charge in [-0.3, -0.25) is 4.90 Å². The molecule has 0 bridgehead atoms. The number of aromatic hydroxyl groups is 1. The molecule has 0 amide bonds. The summed E-state index contributed by atoms with van der Waals surface area (Å²) in [5.74, 6) is 1.69. The van der Waals surface area contributed by atoms with Crippen LogP contribution in [0.5, 0.6) is 17.2 Å². The van der Waals surface area contributed by atoms with Crippen LogP contribution in [0.4, 0.5) is 0 Å². The van der Waals surface area contributed by atoms with Crippen molar-refractivity contribution in [3.05, 3.63) is 17.7 Å². The van der Waals surface area contributed by atoms with Crippen molar-refractivity contribution in [3.8, 4) is 17.2 Å². The van der Waals surface area contributed by atoms with Crippen molar-refractivity contribution in [2.24, 2.45) is 5.41 Å². The van der Waals surface area contributed by atoms with E-state index in [4.69, 9.17) is 9.47 Å². The molecule has 1 aromatic rings. The zero-order valence-electron chi connectivity index (χ0n) is 12.3. The van der Waals surface area contributed by atoms with Gasteiger partial charge in [-0.1, -0.05) is 20.3 Å². The second-order valence-corrected chi connectivity index (χ2v) is 6.27. The molecule has 1 saturated heterocycles. The van der Waals surface area contributed by atoms with Gasteiger partial charge in [0.1, 0.15) is 5.75 Å². The van der Waals surface area contributed by atoms with Crippen molar-refractivity contribution in [2.45, 2.75) is 39.7 Å². The molecule has 0 aliphatic carbocycles. The maximum Gasteiger partial charge on any atom is 0.231 e. The second-order valence-electron chi connectivity index (χ2n) is 6.27. The van der Waals surface area contributed by atoms with Crippen LogP contribution in [0.15, 0.2) is 12.1 Å². The Balaban J connectivity index is 1.67. The van der Waals surface area contributed by atoms with Gasteiger partial charge in [0.2, 0.25) is 6.79 Å². The highest BCUT2D eigenvalue weighted by molar-refractivity contribution is 5.51. The highest BCUT2D eigenvalue weighted by atomic mass is 16.7. The summed E-state index contributed by atoms with van der Waals surface area (Å²) in [5, 5.41) is 10.1. The van der Waals surface area contributed by atoms with E-state index in [1.54, 1.807) is 6.07 Å². The van der Waals surface area contributed by atoms with Gasteiger partial charge in [0.15, 0.2) is 11.5 Å². The highest BCUT2D eigenvalue weighted by Gasteiger charge is 2.28. The van der Waals surface area contributed by atoms with Crippen LogP contribution in [-0.2, 0) is 6.54 Å². The Kier molecular flexibility index (Phi) is 3.50. The molecule has 0 radical (unpaired) electrons. The summed E-state index contributed by atoms with van der Waals surface area (Å²) in [6, 6.07) is 3.57. The minimum Gasteiger partial charge on any atom is -0.507 e. The molecule has 0 atom stereocenters. The molecular weight excluding hydrogens is 254 g/mol. The van der Waals surface area contributed by atoms with Gasteiger partial charge in [0.25, 0.3) is 0 Å². The number of ether oxygens (including phenoxy) is 2. The Hall–Kier alpha value is -1.42. The first kappa shape index (κ1) is 13.6. The summed E-state index contributed by atoms with van der Waals surface area (Å²) in [4.78, 5) is 2.41. The van der Waals surface area contributed by atoms with E-state index in [1.165, 1.54) is 19.3 Å². The molecule has 1 N–H and O–H groups in total. The molecule has 20 heavy (non-hydrogen) atoms. The third-order valence-electron chi connectivity index (χ3n) is 4.88. The fourth-order valence-corrected chi connectivity index (χ4v) is 2.95. The molecule has 4 heteroatoms. The summed E-state index contributed by atoms with van der Waals surface area (Å²) in [6.45, 7) is 7.87. The van der Waals surface area contributed by atoms with Crippen molar-refractivity contribution in [2.75, 3.05) is 19.9 Å². The van der Waals surface area contributed by atoms with Crippen LogP contribution in [0.3, 0.4) is 0 Å². The van der Waals surface area contributed by atoms with E-state index in [0.717, 1.165) is 30.9 Å². The Morgan fingerprint density at radius 1 is 1.20 bits per heavy atom. The number of rotatable bonds is 3. The molecule has 1 aromatic carbocycles. The van der Waals surface area contributed by atoms with Crippen LogP contribution in [0.1, 0.15) is 38.7 Å². The van der Waals surface area contributed by atoms with Crippen molar-refractivity contribution in [1.29, 1.82) is 0 Å². The topological polar surface area (TPSA) is 41.9 Å². The van der Waals surface area contributed by atoms with E-state index in [0.29, 0.717) is 16.9 Å². The average molecular weight is 277 g/mol. The minimum atomic E-state index is 0.247. The number of benzene rings is 1. The third-order valence-corrected chi connectivity index (χ3v) is 4.88. The van der Waals surface area contributed by atoms with E-state index < -0.39 is 0 Å². The molecule has 2 aliphatic rings. The smallest absolute Gasteiger partial charge is 0.231 e. The fourth-order valence-electron chi connectivity index (χ4n) is 2.95. The normalized spacial score (nSPS) is 21.1. The number of likely N-dealkylation sites (tertiary alicyclic amines) is 1. The standard InChI is InChI=1S/C16H23NO3/c1-3-16(2)4-6-17(7-5-16)10-12-8-14-15(9-13(12)18)20-11-19-14/h8-9,18H,3-7,10-11H2,1-2H3. The number of piperidine rings is 1. The summed E-state index contributed by atoms with van der Waals surface area (Å²) in [5.41, 5.74) is 1.42. The molecule has 110 valence electrons. The monoisotopic (exact) mass is 277 g/mol. The summed E-state index contributed by atoms with van der Waals surface area (Å²) < 4.78 is 10.7. The van der Waals surface area contributed by atoms with Gasteiger partial charge >= 0.3 is 0 Å². The summed E-state index contributed by atoms with van der Waals surface area (Å²) in [7, 11) is 0. The lowest BCUT2D eigenvalue weighted by molar-refractivity contribution is 0.109. The van der Waals surface area contributed by atoms with Crippen LogP contribution in [0.25, 0.3) is 0 Å². The number of hydrogen-bond donors (Lipinski definition) is 1. The lowest BCUT2D eigenvalue weighted by Crippen LogP contribution is -2.37. The van der Waals surface area contributed by atoms with Crippen LogP contribution in [-0.4, -0.2) is 29.9 Å². The molecule has 3 rings (SSSR count). The van der Waals surface area contributed by atoms with Crippen molar-refractivity contribution >= 4 is 0 Å². The molecule has 1 fully saturated rings. The Bertz CT molecular complexity index is 493. The Labute approximate surface area is 120 Å². The molecule has 2 aliphatic heterocycles. The fraction of sp³-hybridized carbons (Fsp3) is 0.625. The number of phenolic OH excluding ortho intramolecular Hbond substituents is 1. The van der Waals surface area contributed by atoms with Crippen LogP contribution < -0.4 is 9.47 Å². The van der Waals surface area contributed by atoms with E-state index in [-0.39, 0.29) is 6.79 Å². The quantitative estimate of drug-likeness (QED) is 0.921. The molecule has 4 nitrogen and oxygen atoms in total. The summed E-state index contributed by atoms with van der Waals surface area (Å²) >= 11 is 0. The number of fused-ring (bicyclic) bond motifs is 1. The van der Waals surface area contributed by atoms with Gasteiger partial charge in [-0.15, -0.1) is 0 Å². The first-order chi connectivity index (χ1) is 9.59. The van der Waals surface area contributed by atoms with E-state index in [1.807, 2.05) is 6.07 Å². The lowest BCUT2D eigenvalue weighted by atomic mass is 9.78. The zero-order chi connectivity index (χ0) is 14.2. The first-order valence-corrected chi connectivity index (χ1v) is 7.43. The average Bonchev–Trinajstić information content (AvgIpc) is 2.89. The number of nitrogens with zero attached hydrogens (tertiary/aromatic N) is 1. The molecule has 2 heterocycles. The predicted octanol–water partition coefficient (Wildman–Crippen LogP) is 3.13. The SMILES string of the molecule is CCC1(C)CCN(Cc2cc3c(cc2O)OCO3)CC1. The highest BCUT2D eigenvalue weighted by Crippen LogP contribution is 2.39. The Morgan fingerprint density at radius 3 is 2.50 bits per heavy atom. The maximum absolute atomic E-state index is 10.1. The summed E-state index contributed by atoms with van der Waals surface area (Å²) in [6.07, 6.45) is 3.71. The number of hydrogen-bond acceptors (Lipinski definition) is 4. The van der Waals surface area contributed by atoms with E-state index in [2.05, 4.69) is 18.7 Å². The van der Waals surface area contributed by atoms with Crippen LogP contribution in [0.2, 0.25) is 0 Å². The molecule has 0 saturated carbocycles. The van der Waals surface area contributed by atoms with Gasteiger partial charge in [-0.05, 0) is 37.4 Å². The van der Waals surface area contributed by atoms with Gasteiger partial charge in [0, 0.05) is 18.2 Å². The molecule has 0 unspecified atom stereocenters. The van der Waals surface area contributed by atoms with Crippen molar-refractivity contribution in [1.82, 2.24) is 4.90 Å². The van der Waals surface area contributed by atoms with Crippen molar-refractivity contribution < 1.29 is 14.6 Å². The second kappa shape index (κ2) is 5.17. The van der Waals surface area contributed by atoms with Gasteiger partial charge in [-0.25, -0.2) is 0 Å². The minimum absolute atomic E-state index is 0.247. The van der Waals surface area contributed by atoms with E-state index >= 15 is 0 Å². The molecule has 0 spiro atoms. The van der Waals surface area contributed by atoms with E-state index in [9.17, 15) is 5.11 Å². The van der Waals surface area contributed by atoms with Gasteiger partial charge in [-0.2, -0.15) is 0 Å². The molecule has 0 aromatic heterocycles. The van der Waals surface area contributed by atoms with Crippen molar-refractivity contribution in [3.63, 3.8) is 0 Å². The lowest BCUT2D eigenvalue weighted by Gasteiger charge is -2.39. The largest absolute Gasteiger partial charge is 0.507 e.